The lowest BCUT2D eigenvalue weighted by Gasteiger charge is -2.39. The van der Waals surface area contributed by atoms with Gasteiger partial charge in [-0.1, -0.05) is 66.2 Å². The molecule has 0 saturated carbocycles. The number of carbonyl (C=O) groups is 2. The first-order valence-corrected chi connectivity index (χ1v) is 9.31. The summed E-state index contributed by atoms with van der Waals surface area (Å²) in [5, 5.41) is 19.9. The summed E-state index contributed by atoms with van der Waals surface area (Å²) in [4.78, 5) is 24.2. The molecule has 4 nitrogen and oxygen atoms in total. The molecule has 0 aromatic rings. The van der Waals surface area contributed by atoms with E-state index in [2.05, 4.69) is 13.8 Å². The molecular formula is C19H36O4. The molecule has 0 unspecified atom stereocenters. The fourth-order valence-corrected chi connectivity index (χ4v) is 3.82. The van der Waals surface area contributed by atoms with Crippen molar-refractivity contribution in [2.45, 2.75) is 98.3 Å². The van der Waals surface area contributed by atoms with Crippen molar-refractivity contribution in [1.29, 1.82) is 0 Å². The predicted molar refractivity (Wildman–Crippen MR) is 93.6 cm³/mol. The van der Waals surface area contributed by atoms with Crippen LogP contribution in [0.15, 0.2) is 0 Å². The molecule has 2 N–H and O–H groups in total. The molecule has 0 aromatic heterocycles. The molecule has 0 rings (SSSR count). The van der Waals surface area contributed by atoms with Gasteiger partial charge in [-0.2, -0.15) is 0 Å². The van der Waals surface area contributed by atoms with E-state index in [0.29, 0.717) is 25.7 Å². The van der Waals surface area contributed by atoms with Gasteiger partial charge < -0.3 is 10.2 Å². The molecule has 0 amide bonds. The first kappa shape index (κ1) is 21.9. The van der Waals surface area contributed by atoms with E-state index in [1.165, 1.54) is 0 Å². The van der Waals surface area contributed by atoms with Crippen LogP contribution in [-0.4, -0.2) is 22.2 Å². The third-order valence-corrected chi connectivity index (χ3v) is 5.06. The summed E-state index contributed by atoms with van der Waals surface area (Å²) in [5.41, 5.74) is -1.79. The third-order valence-electron chi connectivity index (χ3n) is 5.06. The Morgan fingerprint density at radius 2 is 1.00 bits per heavy atom. The number of aliphatic carboxylic acids is 2. The zero-order valence-corrected chi connectivity index (χ0v) is 15.5. The highest BCUT2D eigenvalue weighted by molar-refractivity contribution is 5.79. The number of carboxylic acid groups (broad SMARTS) is 2. The summed E-state index contributed by atoms with van der Waals surface area (Å²) in [5.74, 6) is -1.63. The Morgan fingerprint density at radius 1 is 0.652 bits per heavy atom. The van der Waals surface area contributed by atoms with Gasteiger partial charge in [-0.05, 0) is 32.1 Å². The molecule has 0 atom stereocenters. The average Bonchev–Trinajstić information content (AvgIpc) is 2.50. The van der Waals surface area contributed by atoms with Crippen molar-refractivity contribution in [3.63, 3.8) is 0 Å². The molecule has 0 aromatic carbocycles. The highest BCUT2D eigenvalue weighted by Gasteiger charge is 2.48. The van der Waals surface area contributed by atoms with Crippen LogP contribution in [0.1, 0.15) is 98.3 Å². The SMILES string of the molecule is CCCCC(CCCC)(CC(CCC)(CCC)C(=O)O)C(=O)O. The molecular weight excluding hydrogens is 292 g/mol. The summed E-state index contributed by atoms with van der Waals surface area (Å²) < 4.78 is 0. The summed E-state index contributed by atoms with van der Waals surface area (Å²) in [6.45, 7) is 8.06. The minimum atomic E-state index is -0.899. The van der Waals surface area contributed by atoms with E-state index < -0.39 is 22.8 Å². The monoisotopic (exact) mass is 328 g/mol. The van der Waals surface area contributed by atoms with Crippen LogP contribution in [-0.2, 0) is 9.59 Å². The second-order valence-corrected chi connectivity index (χ2v) is 7.05. The second kappa shape index (κ2) is 10.7. The fourth-order valence-electron chi connectivity index (χ4n) is 3.82. The highest BCUT2D eigenvalue weighted by atomic mass is 16.4. The van der Waals surface area contributed by atoms with Crippen LogP contribution in [0.2, 0.25) is 0 Å². The standard InChI is InChI=1S/C19H36O4/c1-5-9-13-19(17(22)23,14-10-6-2)15-18(11-7-3,12-8-4)16(20)21/h5-15H2,1-4H3,(H,20,21)(H,22,23). The normalized spacial score (nSPS) is 12.3. The van der Waals surface area contributed by atoms with Gasteiger partial charge in [0.2, 0.25) is 0 Å². The van der Waals surface area contributed by atoms with Crippen molar-refractivity contribution in [3.05, 3.63) is 0 Å². The van der Waals surface area contributed by atoms with Gasteiger partial charge in [0.1, 0.15) is 0 Å². The van der Waals surface area contributed by atoms with Gasteiger partial charge in [-0.15, -0.1) is 0 Å². The van der Waals surface area contributed by atoms with Gasteiger partial charge in [0.05, 0.1) is 10.8 Å². The molecule has 23 heavy (non-hydrogen) atoms. The Hall–Kier alpha value is -1.06. The van der Waals surface area contributed by atoms with Crippen molar-refractivity contribution >= 4 is 11.9 Å². The Bertz CT molecular complexity index is 348. The van der Waals surface area contributed by atoms with Crippen LogP contribution in [0.25, 0.3) is 0 Å². The van der Waals surface area contributed by atoms with Crippen LogP contribution in [0.5, 0.6) is 0 Å². The Morgan fingerprint density at radius 3 is 1.26 bits per heavy atom. The zero-order valence-electron chi connectivity index (χ0n) is 15.5. The molecule has 136 valence electrons. The smallest absolute Gasteiger partial charge is 0.309 e. The van der Waals surface area contributed by atoms with Crippen molar-refractivity contribution in [3.8, 4) is 0 Å². The van der Waals surface area contributed by atoms with Gasteiger partial charge in [0.15, 0.2) is 0 Å². The zero-order chi connectivity index (χ0) is 17.9. The van der Waals surface area contributed by atoms with Gasteiger partial charge in [-0.3, -0.25) is 9.59 Å². The predicted octanol–water partition coefficient (Wildman–Crippen LogP) is 5.50. The lowest BCUT2D eigenvalue weighted by Crippen LogP contribution is -2.42. The Balaban J connectivity index is 5.70. The molecule has 0 fully saturated rings. The molecule has 0 aliphatic heterocycles. The van der Waals surface area contributed by atoms with Gasteiger partial charge in [-0.25, -0.2) is 0 Å². The molecule has 0 spiro atoms. The summed E-state index contributed by atoms with van der Waals surface area (Å²) in [6.07, 6.45) is 7.63. The maximum absolute atomic E-state index is 12.1. The Labute approximate surface area is 141 Å². The maximum Gasteiger partial charge on any atom is 0.309 e. The third kappa shape index (κ3) is 6.15. The first-order valence-electron chi connectivity index (χ1n) is 9.31. The number of hydrogen-bond donors (Lipinski definition) is 2. The molecule has 4 heteroatoms. The highest BCUT2D eigenvalue weighted by Crippen LogP contribution is 2.47. The minimum Gasteiger partial charge on any atom is -0.481 e. The number of hydrogen-bond acceptors (Lipinski definition) is 2. The molecule has 0 saturated heterocycles. The van der Waals surface area contributed by atoms with Crippen LogP contribution < -0.4 is 0 Å². The molecule has 0 bridgehead atoms. The van der Waals surface area contributed by atoms with E-state index in [9.17, 15) is 19.8 Å². The first-order chi connectivity index (χ1) is 10.8. The number of carboxylic acids is 2. The topological polar surface area (TPSA) is 74.6 Å². The van der Waals surface area contributed by atoms with E-state index in [4.69, 9.17) is 0 Å². The summed E-state index contributed by atoms with van der Waals surface area (Å²) in [7, 11) is 0. The number of unbranched alkanes of at least 4 members (excludes halogenated alkanes) is 2. The van der Waals surface area contributed by atoms with Crippen LogP contribution in [0.3, 0.4) is 0 Å². The maximum atomic E-state index is 12.1. The summed E-state index contributed by atoms with van der Waals surface area (Å²) >= 11 is 0. The minimum absolute atomic E-state index is 0.270. The van der Waals surface area contributed by atoms with E-state index in [0.717, 1.165) is 38.5 Å². The molecule has 0 aliphatic rings. The van der Waals surface area contributed by atoms with Gasteiger partial charge in [0, 0.05) is 0 Å². The van der Waals surface area contributed by atoms with E-state index in [-0.39, 0.29) is 6.42 Å². The fraction of sp³-hybridized carbons (Fsp3) is 0.895. The molecule has 0 radical (unpaired) electrons. The number of rotatable bonds is 14. The lowest BCUT2D eigenvalue weighted by atomic mass is 9.63. The van der Waals surface area contributed by atoms with E-state index in [1.54, 1.807) is 0 Å². The van der Waals surface area contributed by atoms with Crippen molar-refractivity contribution < 1.29 is 19.8 Å². The quantitative estimate of drug-likeness (QED) is 0.441. The van der Waals surface area contributed by atoms with Gasteiger partial charge in [0.25, 0.3) is 0 Å². The molecule has 0 heterocycles. The second-order valence-electron chi connectivity index (χ2n) is 7.05. The van der Waals surface area contributed by atoms with Crippen LogP contribution in [0.4, 0.5) is 0 Å². The van der Waals surface area contributed by atoms with Gasteiger partial charge >= 0.3 is 11.9 Å². The van der Waals surface area contributed by atoms with Crippen molar-refractivity contribution in [2.24, 2.45) is 10.8 Å². The summed E-state index contributed by atoms with van der Waals surface area (Å²) in [6, 6.07) is 0. The van der Waals surface area contributed by atoms with Crippen LogP contribution >= 0.6 is 0 Å². The van der Waals surface area contributed by atoms with Crippen LogP contribution in [0, 0.1) is 10.8 Å². The average molecular weight is 328 g/mol. The van der Waals surface area contributed by atoms with Crippen molar-refractivity contribution in [1.82, 2.24) is 0 Å². The Kier molecular flexibility index (Phi) is 10.2. The lowest BCUT2D eigenvalue weighted by molar-refractivity contribution is -0.160. The van der Waals surface area contributed by atoms with E-state index in [1.807, 2.05) is 13.8 Å². The molecule has 0 aliphatic carbocycles. The van der Waals surface area contributed by atoms with Crippen molar-refractivity contribution in [2.75, 3.05) is 0 Å². The largest absolute Gasteiger partial charge is 0.481 e. The van der Waals surface area contributed by atoms with E-state index >= 15 is 0 Å².